The molecule has 0 aliphatic carbocycles. The summed E-state index contributed by atoms with van der Waals surface area (Å²) in [5.74, 6) is 0.285. The van der Waals surface area contributed by atoms with Crippen LogP contribution in [-0.2, 0) is 16.1 Å². The van der Waals surface area contributed by atoms with Crippen LogP contribution in [0.1, 0.15) is 25.3 Å². The van der Waals surface area contributed by atoms with Crippen molar-refractivity contribution in [2.75, 3.05) is 26.2 Å². The normalized spacial score (nSPS) is 22.6. The highest BCUT2D eigenvalue weighted by molar-refractivity contribution is 5.79. The monoisotopic (exact) mass is 320 g/mol. The number of rotatable bonds is 6. The Labute approximate surface area is 137 Å². The van der Waals surface area contributed by atoms with Gasteiger partial charge in [-0.05, 0) is 49.5 Å². The predicted octanol–water partition coefficient (Wildman–Crippen LogP) is 2.19. The molecule has 2 saturated heterocycles. The lowest BCUT2D eigenvalue weighted by Crippen LogP contribution is -2.51. The fourth-order valence-corrected chi connectivity index (χ4v) is 3.28. The quantitative estimate of drug-likeness (QED) is 0.873. The molecule has 0 saturated carbocycles. The zero-order chi connectivity index (χ0) is 16.2. The molecule has 5 heteroatoms. The molecule has 0 spiro atoms. The number of carbonyl (C=O) groups is 1. The Morgan fingerprint density at radius 1 is 1.48 bits per heavy atom. The zero-order valence-corrected chi connectivity index (χ0v) is 13.6. The lowest BCUT2D eigenvalue weighted by atomic mass is 9.87. The molecule has 126 valence electrons. The lowest BCUT2D eigenvalue weighted by Gasteiger charge is -2.36. The fourth-order valence-electron chi connectivity index (χ4n) is 3.28. The molecule has 2 heterocycles. The highest BCUT2D eigenvalue weighted by Crippen LogP contribution is 2.22. The van der Waals surface area contributed by atoms with Gasteiger partial charge in [0.2, 0.25) is 5.91 Å². The molecule has 3 rings (SSSR count). The number of ether oxygens (including phenoxy) is 1. The molecular formula is C18H25FN2O2. The van der Waals surface area contributed by atoms with Crippen molar-refractivity contribution in [1.82, 2.24) is 10.2 Å². The van der Waals surface area contributed by atoms with Gasteiger partial charge in [-0.3, -0.25) is 4.79 Å². The predicted molar refractivity (Wildman–Crippen MR) is 86.3 cm³/mol. The molecule has 1 amide bonds. The Morgan fingerprint density at radius 3 is 2.91 bits per heavy atom. The minimum Gasteiger partial charge on any atom is -0.376 e. The molecule has 2 aliphatic heterocycles. The van der Waals surface area contributed by atoms with Crippen molar-refractivity contribution in [2.24, 2.45) is 11.8 Å². The molecule has 2 aliphatic rings. The number of nitrogens with one attached hydrogen (secondary N) is 1. The van der Waals surface area contributed by atoms with Gasteiger partial charge in [-0.1, -0.05) is 19.1 Å². The van der Waals surface area contributed by atoms with Gasteiger partial charge in [0.25, 0.3) is 0 Å². The average molecular weight is 320 g/mol. The second-order valence-corrected chi connectivity index (χ2v) is 6.69. The largest absolute Gasteiger partial charge is 0.376 e. The Bertz CT molecular complexity index is 542. The van der Waals surface area contributed by atoms with Crippen molar-refractivity contribution in [1.29, 1.82) is 0 Å². The number of carbonyl (C=O) groups excluding carboxylic acids is 1. The maximum Gasteiger partial charge on any atom is 0.226 e. The highest BCUT2D eigenvalue weighted by Gasteiger charge is 2.33. The van der Waals surface area contributed by atoms with Crippen LogP contribution in [-0.4, -0.2) is 43.2 Å². The molecule has 0 radical (unpaired) electrons. The number of nitrogens with zero attached hydrogens (tertiary/aromatic N) is 1. The molecule has 4 nitrogen and oxygen atoms in total. The highest BCUT2D eigenvalue weighted by atomic mass is 19.1. The summed E-state index contributed by atoms with van der Waals surface area (Å²) >= 11 is 0. The van der Waals surface area contributed by atoms with E-state index in [1.807, 2.05) is 17.9 Å². The molecule has 2 atom stereocenters. The summed E-state index contributed by atoms with van der Waals surface area (Å²) in [6, 6.07) is 6.50. The first-order chi connectivity index (χ1) is 11.1. The van der Waals surface area contributed by atoms with Gasteiger partial charge in [0, 0.05) is 25.6 Å². The van der Waals surface area contributed by atoms with Gasteiger partial charge in [0.05, 0.1) is 6.10 Å². The summed E-state index contributed by atoms with van der Waals surface area (Å²) in [5, 5.41) is 3.22. The SMILES string of the molecule is CC(C(=O)N(Cc1cccc(F)c1)CC1CCCO1)C1CNC1. The van der Waals surface area contributed by atoms with Crippen LogP contribution >= 0.6 is 0 Å². The Kier molecular flexibility index (Phi) is 5.28. The Balaban J connectivity index is 1.70. The summed E-state index contributed by atoms with van der Waals surface area (Å²) in [7, 11) is 0. The molecule has 0 bridgehead atoms. The summed E-state index contributed by atoms with van der Waals surface area (Å²) in [6.07, 6.45) is 2.15. The van der Waals surface area contributed by atoms with Crippen LogP contribution in [0.15, 0.2) is 24.3 Å². The number of hydrogen-bond donors (Lipinski definition) is 1. The van der Waals surface area contributed by atoms with E-state index in [4.69, 9.17) is 4.74 Å². The third-order valence-electron chi connectivity index (χ3n) is 4.93. The van der Waals surface area contributed by atoms with Gasteiger partial charge in [-0.2, -0.15) is 0 Å². The Morgan fingerprint density at radius 2 is 2.30 bits per heavy atom. The lowest BCUT2D eigenvalue weighted by molar-refractivity contribution is -0.139. The molecule has 1 N–H and O–H groups in total. The number of hydrogen-bond acceptors (Lipinski definition) is 3. The van der Waals surface area contributed by atoms with Crippen molar-refractivity contribution in [2.45, 2.75) is 32.4 Å². The van der Waals surface area contributed by atoms with E-state index in [0.717, 1.165) is 38.1 Å². The second kappa shape index (κ2) is 7.41. The van der Waals surface area contributed by atoms with Crippen molar-refractivity contribution in [3.05, 3.63) is 35.6 Å². The standard InChI is InChI=1S/C18H25FN2O2/c1-13(15-9-20-10-15)18(22)21(12-17-6-3-7-23-17)11-14-4-2-5-16(19)8-14/h2,4-5,8,13,15,17,20H,3,6-7,9-12H2,1H3. The number of amides is 1. The molecular weight excluding hydrogens is 295 g/mol. The molecule has 2 unspecified atom stereocenters. The van der Waals surface area contributed by atoms with Gasteiger partial charge < -0.3 is 15.0 Å². The first-order valence-corrected chi connectivity index (χ1v) is 8.49. The van der Waals surface area contributed by atoms with E-state index in [9.17, 15) is 9.18 Å². The van der Waals surface area contributed by atoms with Crippen LogP contribution in [0.2, 0.25) is 0 Å². The van der Waals surface area contributed by atoms with E-state index in [0.29, 0.717) is 19.0 Å². The Hall–Kier alpha value is -1.46. The van der Waals surface area contributed by atoms with E-state index in [2.05, 4.69) is 5.32 Å². The number of benzene rings is 1. The van der Waals surface area contributed by atoms with Crippen molar-refractivity contribution in [3.63, 3.8) is 0 Å². The maximum absolute atomic E-state index is 13.4. The summed E-state index contributed by atoms with van der Waals surface area (Å²) in [6.45, 7) is 5.62. The van der Waals surface area contributed by atoms with E-state index in [-0.39, 0.29) is 23.7 Å². The molecule has 0 aromatic heterocycles. The molecule has 1 aromatic carbocycles. The first kappa shape index (κ1) is 16.4. The van der Waals surface area contributed by atoms with Crippen LogP contribution < -0.4 is 5.32 Å². The third kappa shape index (κ3) is 4.09. The topological polar surface area (TPSA) is 41.6 Å². The third-order valence-corrected chi connectivity index (χ3v) is 4.93. The van der Waals surface area contributed by atoms with E-state index in [1.54, 1.807) is 6.07 Å². The van der Waals surface area contributed by atoms with Crippen molar-refractivity contribution in [3.8, 4) is 0 Å². The van der Waals surface area contributed by atoms with Crippen LogP contribution in [0.5, 0.6) is 0 Å². The van der Waals surface area contributed by atoms with Crippen LogP contribution in [0.4, 0.5) is 4.39 Å². The fraction of sp³-hybridized carbons (Fsp3) is 0.611. The van der Waals surface area contributed by atoms with Crippen LogP contribution in [0.3, 0.4) is 0 Å². The average Bonchev–Trinajstić information content (AvgIpc) is 2.97. The van der Waals surface area contributed by atoms with Gasteiger partial charge in [0.15, 0.2) is 0 Å². The van der Waals surface area contributed by atoms with E-state index in [1.165, 1.54) is 12.1 Å². The smallest absolute Gasteiger partial charge is 0.226 e. The minimum absolute atomic E-state index is 0.00814. The summed E-state index contributed by atoms with van der Waals surface area (Å²) < 4.78 is 19.1. The van der Waals surface area contributed by atoms with E-state index < -0.39 is 0 Å². The van der Waals surface area contributed by atoms with Gasteiger partial charge >= 0.3 is 0 Å². The number of halogens is 1. The summed E-state index contributed by atoms with van der Waals surface area (Å²) in [5.41, 5.74) is 0.829. The van der Waals surface area contributed by atoms with Crippen LogP contribution in [0, 0.1) is 17.7 Å². The van der Waals surface area contributed by atoms with E-state index >= 15 is 0 Å². The van der Waals surface area contributed by atoms with Gasteiger partial charge in [-0.15, -0.1) is 0 Å². The summed E-state index contributed by atoms with van der Waals surface area (Å²) in [4.78, 5) is 14.8. The maximum atomic E-state index is 13.4. The van der Waals surface area contributed by atoms with Gasteiger partial charge in [0.1, 0.15) is 5.82 Å². The van der Waals surface area contributed by atoms with Gasteiger partial charge in [-0.25, -0.2) is 4.39 Å². The minimum atomic E-state index is -0.261. The first-order valence-electron chi connectivity index (χ1n) is 8.49. The van der Waals surface area contributed by atoms with Crippen molar-refractivity contribution >= 4 is 5.91 Å². The van der Waals surface area contributed by atoms with Crippen molar-refractivity contribution < 1.29 is 13.9 Å². The zero-order valence-electron chi connectivity index (χ0n) is 13.6. The molecule has 23 heavy (non-hydrogen) atoms. The molecule has 2 fully saturated rings. The second-order valence-electron chi connectivity index (χ2n) is 6.69. The molecule has 1 aromatic rings. The van der Waals surface area contributed by atoms with Crippen LogP contribution in [0.25, 0.3) is 0 Å².